The topological polar surface area (TPSA) is 54.6 Å². The summed E-state index contributed by atoms with van der Waals surface area (Å²) in [7, 11) is 0. The third-order valence-electron chi connectivity index (χ3n) is 4.26. The van der Waals surface area contributed by atoms with Crippen molar-refractivity contribution in [1.82, 2.24) is 4.57 Å². The van der Waals surface area contributed by atoms with Crippen LogP contribution >= 0.6 is 11.6 Å². The van der Waals surface area contributed by atoms with Gasteiger partial charge in [-0.15, -0.1) is 0 Å². The zero-order valence-electron chi connectivity index (χ0n) is 10.9. The Kier molecular flexibility index (Phi) is 2.38. The molecule has 2 N–H and O–H groups in total. The van der Waals surface area contributed by atoms with E-state index in [1.807, 2.05) is 13.0 Å². The van der Waals surface area contributed by atoms with Crippen LogP contribution in [-0.4, -0.2) is 14.8 Å². The Morgan fingerprint density at radius 2 is 1.75 bits per heavy atom. The molecule has 1 aromatic carbocycles. The van der Waals surface area contributed by atoms with E-state index in [-0.39, 0.29) is 24.0 Å². The van der Waals surface area contributed by atoms with Gasteiger partial charge in [0.15, 0.2) is 0 Å². The second kappa shape index (κ2) is 3.93. The van der Waals surface area contributed by atoms with Crippen molar-refractivity contribution in [2.75, 3.05) is 0 Å². The average molecular weight is 292 g/mol. The van der Waals surface area contributed by atoms with Crippen molar-refractivity contribution in [2.24, 2.45) is 0 Å². The fourth-order valence-electron chi connectivity index (χ4n) is 3.29. The largest absolute Gasteiger partial charge is 0.494 e. The van der Waals surface area contributed by atoms with Crippen molar-refractivity contribution in [3.05, 3.63) is 39.9 Å². The summed E-state index contributed by atoms with van der Waals surface area (Å²) in [6.07, 6.45) is 1.62. The summed E-state index contributed by atoms with van der Waals surface area (Å²) >= 11 is 6.02. The summed E-state index contributed by atoms with van der Waals surface area (Å²) in [4.78, 5) is 0. The van der Waals surface area contributed by atoms with E-state index in [9.17, 15) is 10.2 Å². The van der Waals surface area contributed by atoms with Gasteiger partial charge in [-0.05, 0) is 43.5 Å². The van der Waals surface area contributed by atoms with Gasteiger partial charge in [0.1, 0.15) is 0 Å². The van der Waals surface area contributed by atoms with E-state index < -0.39 is 0 Å². The van der Waals surface area contributed by atoms with Crippen LogP contribution in [0.15, 0.2) is 18.2 Å². The first-order chi connectivity index (χ1) is 9.58. The molecule has 4 rings (SSSR count). The smallest absolute Gasteiger partial charge is 0.205 e. The van der Waals surface area contributed by atoms with Gasteiger partial charge in [-0.2, -0.15) is 0 Å². The lowest BCUT2D eigenvalue weighted by Crippen LogP contribution is -1.96. The third-order valence-corrected chi connectivity index (χ3v) is 4.68. The lowest BCUT2D eigenvalue weighted by Gasteiger charge is -2.11. The van der Waals surface area contributed by atoms with E-state index in [2.05, 4.69) is 0 Å². The van der Waals surface area contributed by atoms with Crippen LogP contribution in [0.4, 0.5) is 0 Å². The average Bonchev–Trinajstić information content (AvgIpc) is 3.08. The maximum absolute atomic E-state index is 10.5. The molecule has 2 bridgehead atoms. The summed E-state index contributed by atoms with van der Waals surface area (Å²) in [5.41, 5.74) is 3.09. The molecule has 1 aromatic heterocycles. The molecule has 4 nitrogen and oxygen atoms in total. The zero-order chi connectivity index (χ0) is 14.0. The summed E-state index contributed by atoms with van der Waals surface area (Å²) in [5.74, 6) is 0.151. The van der Waals surface area contributed by atoms with Gasteiger partial charge < -0.3 is 14.9 Å². The van der Waals surface area contributed by atoms with Gasteiger partial charge in [-0.3, -0.25) is 4.57 Å². The molecule has 2 aliphatic rings. The number of fused-ring (bicyclic) bond motifs is 5. The molecular weight excluding hydrogens is 278 g/mol. The Hall–Kier alpha value is -1.65. The molecule has 0 aliphatic carbocycles. The fourth-order valence-corrected chi connectivity index (χ4v) is 3.41. The predicted octanol–water partition coefficient (Wildman–Crippen LogP) is 3.76. The van der Waals surface area contributed by atoms with Gasteiger partial charge >= 0.3 is 0 Å². The second-order valence-corrected chi connectivity index (χ2v) is 5.84. The Labute approximate surface area is 121 Å². The van der Waals surface area contributed by atoms with Crippen molar-refractivity contribution in [2.45, 2.75) is 32.0 Å². The Morgan fingerprint density at radius 3 is 2.30 bits per heavy atom. The van der Waals surface area contributed by atoms with Crippen molar-refractivity contribution < 1.29 is 14.9 Å². The lowest BCUT2D eigenvalue weighted by molar-refractivity contribution is 0.0683. The highest BCUT2D eigenvalue weighted by Crippen LogP contribution is 2.58. The molecule has 2 atom stereocenters. The number of aromatic hydroxyl groups is 2. The van der Waals surface area contributed by atoms with Crippen LogP contribution in [0.1, 0.15) is 41.7 Å². The maximum atomic E-state index is 10.5. The van der Waals surface area contributed by atoms with Crippen LogP contribution in [0.25, 0.3) is 5.69 Å². The van der Waals surface area contributed by atoms with Gasteiger partial charge in [0.2, 0.25) is 11.8 Å². The number of aryl methyl sites for hydroxylation is 1. The van der Waals surface area contributed by atoms with Gasteiger partial charge in [0.05, 0.1) is 29.0 Å². The first-order valence-corrected chi connectivity index (χ1v) is 7.04. The molecule has 3 heterocycles. The Morgan fingerprint density at radius 1 is 1.15 bits per heavy atom. The quantitative estimate of drug-likeness (QED) is 0.841. The minimum atomic E-state index is -0.0875. The number of nitrogens with zero attached hydrogens (tertiary/aromatic N) is 1. The predicted molar refractivity (Wildman–Crippen MR) is 74.6 cm³/mol. The molecule has 2 aromatic rings. The van der Waals surface area contributed by atoms with E-state index in [1.165, 1.54) is 4.57 Å². The second-order valence-electron chi connectivity index (χ2n) is 5.43. The molecule has 5 heteroatoms. The molecule has 20 heavy (non-hydrogen) atoms. The molecule has 0 saturated carbocycles. The number of ether oxygens (including phenoxy) is 1. The summed E-state index contributed by atoms with van der Waals surface area (Å²) in [6, 6.07) is 5.40. The minimum absolute atomic E-state index is 0.0754. The van der Waals surface area contributed by atoms with Crippen LogP contribution < -0.4 is 0 Å². The van der Waals surface area contributed by atoms with E-state index >= 15 is 0 Å². The standard InChI is InChI=1S/C15H14ClNO3/c1-7-6-8(2-3-9(7)16)17-14(18)12-10-4-5-11(20-10)13(12)15(17)19/h2-3,6,10-11,18-19H,4-5H2,1H3/t10-,11+. The van der Waals surface area contributed by atoms with Crippen LogP contribution in [0.2, 0.25) is 5.02 Å². The molecular formula is C15H14ClNO3. The number of aromatic nitrogens is 1. The van der Waals surface area contributed by atoms with Crippen LogP contribution in [-0.2, 0) is 4.74 Å². The molecule has 0 spiro atoms. The van der Waals surface area contributed by atoms with Gasteiger partial charge in [0.25, 0.3) is 0 Å². The van der Waals surface area contributed by atoms with E-state index in [0.29, 0.717) is 10.7 Å². The molecule has 104 valence electrons. The third kappa shape index (κ3) is 1.41. The summed E-state index contributed by atoms with van der Waals surface area (Å²) < 4.78 is 7.20. The Balaban J connectivity index is 1.94. The minimum Gasteiger partial charge on any atom is -0.494 e. The van der Waals surface area contributed by atoms with Crippen LogP contribution in [0.3, 0.4) is 0 Å². The lowest BCUT2D eigenvalue weighted by atomic mass is 9.95. The summed E-state index contributed by atoms with van der Waals surface area (Å²) in [6.45, 7) is 1.89. The van der Waals surface area contributed by atoms with Crippen molar-refractivity contribution in [3.8, 4) is 17.4 Å². The summed E-state index contributed by atoms with van der Waals surface area (Å²) in [5, 5.41) is 21.6. The van der Waals surface area contributed by atoms with Crippen molar-refractivity contribution in [3.63, 3.8) is 0 Å². The number of rotatable bonds is 1. The van der Waals surface area contributed by atoms with Crippen molar-refractivity contribution in [1.29, 1.82) is 0 Å². The van der Waals surface area contributed by atoms with Crippen LogP contribution in [0.5, 0.6) is 11.8 Å². The van der Waals surface area contributed by atoms with Gasteiger partial charge in [-0.25, -0.2) is 0 Å². The van der Waals surface area contributed by atoms with Crippen LogP contribution in [0, 0.1) is 6.92 Å². The number of hydrogen-bond donors (Lipinski definition) is 2. The van der Waals surface area contributed by atoms with E-state index in [0.717, 1.165) is 29.5 Å². The molecule has 0 radical (unpaired) electrons. The highest BCUT2D eigenvalue weighted by atomic mass is 35.5. The highest BCUT2D eigenvalue weighted by molar-refractivity contribution is 6.31. The molecule has 2 aliphatic heterocycles. The first kappa shape index (κ1) is 12.1. The highest BCUT2D eigenvalue weighted by Gasteiger charge is 2.45. The zero-order valence-corrected chi connectivity index (χ0v) is 11.7. The van der Waals surface area contributed by atoms with E-state index in [4.69, 9.17) is 16.3 Å². The number of hydrogen-bond acceptors (Lipinski definition) is 3. The van der Waals surface area contributed by atoms with E-state index in [1.54, 1.807) is 12.1 Å². The molecule has 0 amide bonds. The monoisotopic (exact) mass is 291 g/mol. The van der Waals surface area contributed by atoms with Gasteiger partial charge in [0, 0.05) is 5.02 Å². The fraction of sp³-hybridized carbons (Fsp3) is 0.333. The van der Waals surface area contributed by atoms with Gasteiger partial charge in [-0.1, -0.05) is 11.6 Å². The Bertz CT molecular complexity index is 689. The SMILES string of the molecule is Cc1cc(-n2c(O)c3c(c2O)[C@H]2CC[C@@H]3O2)ccc1Cl. The number of benzene rings is 1. The van der Waals surface area contributed by atoms with Crippen molar-refractivity contribution >= 4 is 11.6 Å². The normalized spacial score (nSPS) is 23.3. The first-order valence-electron chi connectivity index (χ1n) is 6.66. The molecule has 0 unspecified atom stereocenters. The molecule has 1 saturated heterocycles. The number of halogens is 1. The maximum Gasteiger partial charge on any atom is 0.205 e. The molecule has 1 fully saturated rings.